The van der Waals surface area contributed by atoms with Crippen LogP contribution in [0.1, 0.15) is 15.9 Å². The third-order valence-corrected chi connectivity index (χ3v) is 5.68. The summed E-state index contributed by atoms with van der Waals surface area (Å²) in [4.78, 5) is 12.7. The summed E-state index contributed by atoms with van der Waals surface area (Å²) in [6, 6.07) is 13.3. The first-order chi connectivity index (χ1) is 13.9. The maximum atomic E-state index is 12.7. The number of carbonyl (C=O) groups excluding carboxylic acids is 1. The fourth-order valence-corrected chi connectivity index (χ4v) is 3.44. The number of benzene rings is 2. The minimum Gasteiger partial charge on any atom is -0.492 e. The highest BCUT2D eigenvalue weighted by Crippen LogP contribution is 2.20. The van der Waals surface area contributed by atoms with Crippen molar-refractivity contribution in [3.8, 4) is 5.75 Å². The molecule has 3 rings (SSSR count). The largest absolute Gasteiger partial charge is 0.492 e. The minimum atomic E-state index is -3.64. The molecule has 2 aromatic carbocycles. The van der Waals surface area contributed by atoms with Crippen LogP contribution in [0.3, 0.4) is 0 Å². The number of aryl methyl sites for hydroxylation is 1. The van der Waals surface area contributed by atoms with E-state index in [0.717, 1.165) is 0 Å². The average molecular weight is 414 g/mol. The van der Waals surface area contributed by atoms with E-state index in [1.165, 1.54) is 19.2 Å². The number of hydrogen-bond acceptors (Lipinski definition) is 5. The summed E-state index contributed by atoms with van der Waals surface area (Å²) in [5.74, 6) is 0.211. The van der Waals surface area contributed by atoms with Crippen molar-refractivity contribution in [1.29, 1.82) is 0 Å². The SMILES string of the molecule is CNS(=O)(=O)c1ccc(C)c(C(=O)Nc2cccc(OCCn3cccn3)c2)c1. The second-order valence-corrected chi connectivity index (χ2v) is 8.17. The van der Waals surface area contributed by atoms with Crippen molar-refractivity contribution < 1.29 is 17.9 Å². The molecule has 2 N–H and O–H groups in total. The summed E-state index contributed by atoms with van der Waals surface area (Å²) in [6.07, 6.45) is 3.56. The number of amides is 1. The maximum Gasteiger partial charge on any atom is 0.255 e. The number of ether oxygens (including phenoxy) is 1. The van der Waals surface area contributed by atoms with Crippen molar-refractivity contribution in [2.24, 2.45) is 0 Å². The summed E-state index contributed by atoms with van der Waals surface area (Å²) in [5, 5.41) is 6.90. The van der Waals surface area contributed by atoms with Crippen LogP contribution in [0.25, 0.3) is 0 Å². The van der Waals surface area contributed by atoms with Crippen molar-refractivity contribution in [3.05, 3.63) is 72.1 Å². The number of carbonyl (C=O) groups is 1. The molecule has 0 fully saturated rings. The fourth-order valence-electron chi connectivity index (χ4n) is 2.68. The molecule has 0 saturated heterocycles. The number of nitrogens with one attached hydrogen (secondary N) is 2. The van der Waals surface area contributed by atoms with E-state index in [0.29, 0.717) is 30.2 Å². The van der Waals surface area contributed by atoms with Gasteiger partial charge in [0.2, 0.25) is 10.0 Å². The van der Waals surface area contributed by atoms with E-state index in [9.17, 15) is 13.2 Å². The highest BCUT2D eigenvalue weighted by Gasteiger charge is 2.16. The minimum absolute atomic E-state index is 0.0338. The topological polar surface area (TPSA) is 102 Å². The molecule has 152 valence electrons. The molecule has 9 heteroatoms. The standard InChI is InChI=1S/C20H22N4O4S/c1-15-7-8-18(29(26,27)21-2)14-19(15)20(25)23-16-5-3-6-17(13-16)28-12-11-24-10-4-9-22-24/h3-10,13-14,21H,11-12H2,1-2H3,(H,23,25). The number of anilines is 1. The van der Waals surface area contributed by atoms with Gasteiger partial charge in [0.15, 0.2) is 0 Å². The molecular weight excluding hydrogens is 392 g/mol. The number of sulfonamides is 1. The van der Waals surface area contributed by atoms with Crippen LogP contribution in [0.5, 0.6) is 5.75 Å². The van der Waals surface area contributed by atoms with Gasteiger partial charge in [0.25, 0.3) is 5.91 Å². The predicted molar refractivity (Wildman–Crippen MR) is 110 cm³/mol. The Bertz CT molecular complexity index is 1100. The van der Waals surface area contributed by atoms with Crippen LogP contribution < -0.4 is 14.8 Å². The van der Waals surface area contributed by atoms with Crippen LogP contribution >= 0.6 is 0 Å². The Hall–Kier alpha value is -3.17. The zero-order valence-corrected chi connectivity index (χ0v) is 16.9. The van der Waals surface area contributed by atoms with E-state index < -0.39 is 15.9 Å². The quantitative estimate of drug-likeness (QED) is 0.589. The molecule has 0 saturated carbocycles. The Morgan fingerprint density at radius 3 is 2.72 bits per heavy atom. The highest BCUT2D eigenvalue weighted by atomic mass is 32.2. The molecule has 0 aliphatic heterocycles. The van der Waals surface area contributed by atoms with Gasteiger partial charge >= 0.3 is 0 Å². The summed E-state index contributed by atoms with van der Waals surface area (Å²) < 4.78 is 33.7. The van der Waals surface area contributed by atoms with Crippen molar-refractivity contribution in [2.75, 3.05) is 19.0 Å². The van der Waals surface area contributed by atoms with Crippen LogP contribution in [-0.4, -0.2) is 37.8 Å². The molecule has 0 aliphatic rings. The summed E-state index contributed by atoms with van der Waals surface area (Å²) in [7, 11) is -2.31. The second-order valence-electron chi connectivity index (χ2n) is 6.28. The second kappa shape index (κ2) is 8.89. The van der Waals surface area contributed by atoms with Crippen molar-refractivity contribution in [2.45, 2.75) is 18.4 Å². The Labute approximate surface area is 169 Å². The van der Waals surface area contributed by atoms with Crippen LogP contribution in [0.4, 0.5) is 5.69 Å². The van der Waals surface area contributed by atoms with Gasteiger partial charge in [-0.2, -0.15) is 5.10 Å². The van der Waals surface area contributed by atoms with Gasteiger partial charge < -0.3 is 10.1 Å². The number of hydrogen-bond donors (Lipinski definition) is 2. The van der Waals surface area contributed by atoms with E-state index >= 15 is 0 Å². The lowest BCUT2D eigenvalue weighted by Gasteiger charge is -2.12. The van der Waals surface area contributed by atoms with Crippen LogP contribution in [0, 0.1) is 6.92 Å². The number of aromatic nitrogens is 2. The van der Waals surface area contributed by atoms with E-state index in [4.69, 9.17) is 4.74 Å². The molecule has 0 radical (unpaired) electrons. The van der Waals surface area contributed by atoms with Gasteiger partial charge in [-0.05, 0) is 49.9 Å². The zero-order chi connectivity index (χ0) is 20.9. The molecule has 0 spiro atoms. The molecule has 1 amide bonds. The Kier molecular flexibility index (Phi) is 6.30. The number of nitrogens with zero attached hydrogens (tertiary/aromatic N) is 2. The van der Waals surface area contributed by atoms with Crippen molar-refractivity contribution >= 4 is 21.6 Å². The fraction of sp³-hybridized carbons (Fsp3) is 0.200. The van der Waals surface area contributed by atoms with Gasteiger partial charge in [-0.1, -0.05) is 12.1 Å². The first-order valence-corrected chi connectivity index (χ1v) is 10.4. The highest BCUT2D eigenvalue weighted by molar-refractivity contribution is 7.89. The molecule has 1 heterocycles. The normalized spacial score (nSPS) is 11.2. The van der Waals surface area contributed by atoms with Crippen molar-refractivity contribution in [1.82, 2.24) is 14.5 Å². The zero-order valence-electron chi connectivity index (χ0n) is 16.1. The van der Waals surface area contributed by atoms with Crippen molar-refractivity contribution in [3.63, 3.8) is 0 Å². The van der Waals surface area contributed by atoms with Crippen LogP contribution in [0.2, 0.25) is 0 Å². The van der Waals surface area contributed by atoms with Gasteiger partial charge in [0.1, 0.15) is 12.4 Å². The molecule has 8 nitrogen and oxygen atoms in total. The third-order valence-electron chi connectivity index (χ3n) is 4.27. The van der Waals surface area contributed by atoms with E-state index in [1.807, 2.05) is 12.3 Å². The molecule has 1 aromatic heterocycles. The molecule has 0 atom stereocenters. The van der Waals surface area contributed by atoms with Gasteiger partial charge in [0.05, 0.1) is 11.4 Å². The van der Waals surface area contributed by atoms with Gasteiger partial charge in [-0.3, -0.25) is 9.48 Å². The molecule has 0 bridgehead atoms. The molecule has 3 aromatic rings. The summed E-state index contributed by atoms with van der Waals surface area (Å²) in [6.45, 7) is 2.79. The smallest absolute Gasteiger partial charge is 0.255 e. The summed E-state index contributed by atoms with van der Waals surface area (Å²) >= 11 is 0. The number of rotatable bonds is 8. The lowest BCUT2D eigenvalue weighted by Crippen LogP contribution is -2.20. The molecule has 0 unspecified atom stereocenters. The lowest BCUT2D eigenvalue weighted by molar-refractivity contribution is 0.102. The van der Waals surface area contributed by atoms with Gasteiger partial charge in [-0.25, -0.2) is 13.1 Å². The Balaban J connectivity index is 1.70. The van der Waals surface area contributed by atoms with Gasteiger partial charge in [0, 0.05) is 29.7 Å². The monoisotopic (exact) mass is 414 g/mol. The third kappa shape index (κ3) is 5.21. The lowest BCUT2D eigenvalue weighted by atomic mass is 10.1. The molecule has 29 heavy (non-hydrogen) atoms. The molecular formula is C20H22N4O4S. The predicted octanol–water partition coefficient (Wildman–Crippen LogP) is 2.43. The van der Waals surface area contributed by atoms with Crippen LogP contribution in [-0.2, 0) is 16.6 Å². The van der Waals surface area contributed by atoms with E-state index in [1.54, 1.807) is 48.1 Å². The maximum absolute atomic E-state index is 12.7. The first-order valence-electron chi connectivity index (χ1n) is 8.95. The van der Waals surface area contributed by atoms with E-state index in [-0.39, 0.29) is 10.5 Å². The van der Waals surface area contributed by atoms with Gasteiger partial charge in [-0.15, -0.1) is 0 Å². The Morgan fingerprint density at radius 2 is 2.00 bits per heavy atom. The average Bonchev–Trinajstić information content (AvgIpc) is 3.22. The first kappa shape index (κ1) is 20.6. The molecule has 0 aliphatic carbocycles. The summed E-state index contributed by atoms with van der Waals surface area (Å²) in [5.41, 5.74) is 1.50. The van der Waals surface area contributed by atoms with Crippen LogP contribution in [0.15, 0.2) is 65.8 Å². The van der Waals surface area contributed by atoms with E-state index in [2.05, 4.69) is 15.1 Å². The Morgan fingerprint density at radius 1 is 1.17 bits per heavy atom.